The van der Waals surface area contributed by atoms with Crippen LogP contribution in [0.5, 0.6) is 0 Å². The molecule has 0 aliphatic carbocycles. The van der Waals surface area contributed by atoms with Crippen molar-refractivity contribution in [1.29, 1.82) is 0 Å². The zero-order chi connectivity index (χ0) is 14.0. The van der Waals surface area contributed by atoms with E-state index < -0.39 is 0 Å². The Morgan fingerprint density at radius 3 is 3.15 bits per heavy atom. The Balaban J connectivity index is 1.65. The van der Waals surface area contributed by atoms with Crippen LogP contribution >= 0.6 is 0 Å². The molecule has 4 heteroatoms. The molecule has 20 heavy (non-hydrogen) atoms. The van der Waals surface area contributed by atoms with Crippen LogP contribution in [0.4, 0.5) is 5.69 Å². The largest absolute Gasteiger partial charge is 0.385 e. The summed E-state index contributed by atoms with van der Waals surface area (Å²) in [4.78, 5) is 12.2. The predicted molar refractivity (Wildman–Crippen MR) is 79.2 cm³/mol. The zero-order valence-corrected chi connectivity index (χ0v) is 12.0. The summed E-state index contributed by atoms with van der Waals surface area (Å²) in [5.41, 5.74) is 2.96. The van der Waals surface area contributed by atoms with E-state index >= 15 is 0 Å². The van der Waals surface area contributed by atoms with E-state index in [1.807, 2.05) is 18.2 Å². The molecule has 0 saturated carbocycles. The van der Waals surface area contributed by atoms with E-state index in [-0.39, 0.29) is 11.5 Å². The van der Waals surface area contributed by atoms with E-state index in [4.69, 9.17) is 4.74 Å². The third kappa shape index (κ3) is 2.80. The van der Waals surface area contributed by atoms with Gasteiger partial charge in [0.25, 0.3) is 5.91 Å². The first-order valence-corrected chi connectivity index (χ1v) is 7.45. The number of hydrogen-bond acceptors (Lipinski definition) is 3. The molecule has 108 valence electrons. The Kier molecular flexibility index (Phi) is 3.66. The molecule has 4 nitrogen and oxygen atoms in total. The van der Waals surface area contributed by atoms with Gasteiger partial charge in [-0.2, -0.15) is 0 Å². The van der Waals surface area contributed by atoms with Crippen molar-refractivity contribution in [3.8, 4) is 0 Å². The first kappa shape index (κ1) is 13.4. The summed E-state index contributed by atoms with van der Waals surface area (Å²) in [7, 11) is 0. The zero-order valence-electron chi connectivity index (χ0n) is 12.0. The van der Waals surface area contributed by atoms with E-state index in [9.17, 15) is 4.79 Å². The van der Waals surface area contributed by atoms with Crippen LogP contribution in [0.25, 0.3) is 0 Å². The molecular weight excluding hydrogens is 252 g/mol. The van der Waals surface area contributed by atoms with E-state index in [1.165, 1.54) is 11.3 Å². The van der Waals surface area contributed by atoms with Crippen LogP contribution in [0.2, 0.25) is 0 Å². The molecule has 3 rings (SSSR count). The van der Waals surface area contributed by atoms with Gasteiger partial charge in [0.05, 0.1) is 5.60 Å². The molecule has 1 aromatic rings. The maximum Gasteiger partial charge on any atom is 0.251 e. The summed E-state index contributed by atoms with van der Waals surface area (Å²) >= 11 is 0. The minimum atomic E-state index is -0.189. The number of rotatable bonds is 3. The van der Waals surface area contributed by atoms with Crippen LogP contribution in [-0.4, -0.2) is 31.2 Å². The first-order valence-electron chi connectivity index (χ1n) is 7.45. The van der Waals surface area contributed by atoms with Gasteiger partial charge >= 0.3 is 0 Å². The first-order chi connectivity index (χ1) is 9.66. The number of aryl methyl sites for hydroxylation is 1. The van der Waals surface area contributed by atoms with Gasteiger partial charge in [0.1, 0.15) is 0 Å². The molecule has 1 atom stereocenters. The highest BCUT2D eigenvalue weighted by atomic mass is 16.5. The van der Waals surface area contributed by atoms with Gasteiger partial charge in [0.15, 0.2) is 0 Å². The molecule has 1 saturated heterocycles. The minimum absolute atomic E-state index is 0.00454. The minimum Gasteiger partial charge on any atom is -0.385 e. The van der Waals surface area contributed by atoms with Gasteiger partial charge < -0.3 is 15.4 Å². The molecule has 0 bridgehead atoms. The highest BCUT2D eigenvalue weighted by Crippen LogP contribution is 2.25. The van der Waals surface area contributed by atoms with Gasteiger partial charge in [-0.1, -0.05) is 0 Å². The lowest BCUT2D eigenvalue weighted by Crippen LogP contribution is -2.40. The second-order valence-corrected chi connectivity index (χ2v) is 5.99. The summed E-state index contributed by atoms with van der Waals surface area (Å²) < 4.78 is 5.69. The average molecular weight is 274 g/mol. The Bertz CT molecular complexity index is 507. The summed E-state index contributed by atoms with van der Waals surface area (Å²) in [5, 5.41) is 6.36. The molecule has 0 spiro atoms. The molecule has 1 unspecified atom stereocenters. The summed E-state index contributed by atoms with van der Waals surface area (Å²) in [6.07, 6.45) is 4.27. The van der Waals surface area contributed by atoms with Gasteiger partial charge in [-0.25, -0.2) is 0 Å². The van der Waals surface area contributed by atoms with Crippen molar-refractivity contribution in [2.75, 3.05) is 25.0 Å². The number of hydrogen-bond donors (Lipinski definition) is 2. The maximum absolute atomic E-state index is 12.2. The van der Waals surface area contributed by atoms with E-state index in [2.05, 4.69) is 17.6 Å². The second kappa shape index (κ2) is 5.44. The van der Waals surface area contributed by atoms with Crippen LogP contribution in [0.3, 0.4) is 0 Å². The van der Waals surface area contributed by atoms with Crippen LogP contribution in [0.1, 0.15) is 42.1 Å². The summed E-state index contributed by atoms with van der Waals surface area (Å²) in [6.45, 7) is 4.48. The van der Waals surface area contributed by atoms with E-state index in [1.54, 1.807) is 0 Å². The van der Waals surface area contributed by atoms with Crippen molar-refractivity contribution in [3.05, 3.63) is 29.3 Å². The molecule has 1 amide bonds. The topological polar surface area (TPSA) is 50.4 Å². The van der Waals surface area contributed by atoms with Gasteiger partial charge in [0, 0.05) is 30.9 Å². The van der Waals surface area contributed by atoms with Gasteiger partial charge in [0.2, 0.25) is 0 Å². The standard InChI is InChI=1S/C16H22N2O2/c1-16(7-3-9-20-16)11-18-15(19)13-5-6-14-12(10-13)4-2-8-17-14/h5-6,10,17H,2-4,7-9,11H2,1H3,(H,18,19). The van der Waals surface area contributed by atoms with Crippen LogP contribution in [0.15, 0.2) is 18.2 Å². The number of ether oxygens (including phenoxy) is 1. The molecule has 0 radical (unpaired) electrons. The highest BCUT2D eigenvalue weighted by Gasteiger charge is 2.30. The molecule has 0 aromatic heterocycles. The lowest BCUT2D eigenvalue weighted by molar-refractivity contribution is 0.0206. The van der Waals surface area contributed by atoms with Crippen molar-refractivity contribution < 1.29 is 9.53 Å². The number of fused-ring (bicyclic) bond motifs is 1. The molecule has 1 aromatic carbocycles. The van der Waals surface area contributed by atoms with E-state index in [0.29, 0.717) is 6.54 Å². The normalized spacial score (nSPS) is 24.9. The third-order valence-corrected chi connectivity index (χ3v) is 4.23. The van der Waals surface area contributed by atoms with Gasteiger partial charge in [-0.05, 0) is 56.4 Å². The van der Waals surface area contributed by atoms with Crippen molar-refractivity contribution in [2.45, 2.75) is 38.2 Å². The molecule has 2 heterocycles. The van der Waals surface area contributed by atoms with Crippen LogP contribution in [0, 0.1) is 0 Å². The summed E-state index contributed by atoms with van der Waals surface area (Å²) in [6, 6.07) is 5.91. The summed E-state index contributed by atoms with van der Waals surface area (Å²) in [5.74, 6) is -0.00454. The number of benzene rings is 1. The maximum atomic E-state index is 12.2. The fourth-order valence-corrected chi connectivity index (χ4v) is 2.96. The molecule has 1 fully saturated rings. The van der Waals surface area contributed by atoms with Crippen molar-refractivity contribution >= 4 is 11.6 Å². The van der Waals surface area contributed by atoms with Crippen molar-refractivity contribution in [2.24, 2.45) is 0 Å². The predicted octanol–water partition coefficient (Wildman–Crippen LogP) is 2.34. The Morgan fingerprint density at radius 2 is 2.35 bits per heavy atom. The number of nitrogens with one attached hydrogen (secondary N) is 2. The fourth-order valence-electron chi connectivity index (χ4n) is 2.96. The van der Waals surface area contributed by atoms with Gasteiger partial charge in [-0.3, -0.25) is 4.79 Å². The van der Waals surface area contributed by atoms with Crippen LogP contribution in [-0.2, 0) is 11.2 Å². The second-order valence-electron chi connectivity index (χ2n) is 5.99. The Labute approximate surface area is 119 Å². The third-order valence-electron chi connectivity index (χ3n) is 4.23. The Hall–Kier alpha value is -1.55. The number of amides is 1. The smallest absolute Gasteiger partial charge is 0.251 e. The fraction of sp³-hybridized carbons (Fsp3) is 0.562. The number of carbonyl (C=O) groups excluding carboxylic acids is 1. The quantitative estimate of drug-likeness (QED) is 0.889. The van der Waals surface area contributed by atoms with E-state index in [0.717, 1.165) is 44.4 Å². The average Bonchev–Trinajstić information content (AvgIpc) is 2.91. The van der Waals surface area contributed by atoms with Crippen molar-refractivity contribution in [3.63, 3.8) is 0 Å². The van der Waals surface area contributed by atoms with Crippen molar-refractivity contribution in [1.82, 2.24) is 5.32 Å². The van der Waals surface area contributed by atoms with Crippen LogP contribution < -0.4 is 10.6 Å². The highest BCUT2D eigenvalue weighted by molar-refractivity contribution is 5.95. The molecule has 2 N–H and O–H groups in total. The lowest BCUT2D eigenvalue weighted by atomic mass is 10.00. The number of carbonyl (C=O) groups is 1. The number of anilines is 1. The van der Waals surface area contributed by atoms with Gasteiger partial charge in [-0.15, -0.1) is 0 Å². The Morgan fingerprint density at radius 1 is 1.45 bits per heavy atom. The monoisotopic (exact) mass is 274 g/mol. The lowest BCUT2D eigenvalue weighted by Gasteiger charge is -2.23. The molecular formula is C16H22N2O2. The SMILES string of the molecule is CC1(CNC(=O)c2ccc3c(c2)CCCN3)CCCO1. The molecule has 2 aliphatic heterocycles. The molecule has 2 aliphatic rings.